The molecule has 0 aromatic heterocycles. The maximum atomic E-state index is 13.0. The predicted molar refractivity (Wildman–Crippen MR) is 77.2 cm³/mol. The Morgan fingerprint density at radius 1 is 0.864 bits per heavy atom. The minimum absolute atomic E-state index is 0.224. The number of amides is 2. The summed E-state index contributed by atoms with van der Waals surface area (Å²) < 4.78 is 26.1. The molecule has 2 N–H and O–H groups in total. The van der Waals surface area contributed by atoms with Crippen molar-refractivity contribution in [1.82, 2.24) is 10.9 Å². The highest BCUT2D eigenvalue weighted by atomic mass is 19.1. The number of benzene rings is 2. The lowest BCUT2D eigenvalue weighted by Gasteiger charge is -2.10. The molecule has 2 amide bonds. The third kappa shape index (κ3) is 3.66. The van der Waals surface area contributed by atoms with Gasteiger partial charge < -0.3 is 0 Å². The second-order valence-corrected chi connectivity index (χ2v) is 4.88. The average molecular weight is 304 g/mol. The normalized spacial score (nSPS) is 10.2. The Morgan fingerprint density at radius 2 is 1.45 bits per heavy atom. The maximum absolute atomic E-state index is 13.0. The third-order valence-corrected chi connectivity index (χ3v) is 3.04. The quantitative estimate of drug-likeness (QED) is 0.838. The second kappa shape index (κ2) is 6.34. The molecular weight excluding hydrogens is 290 g/mol. The second-order valence-electron chi connectivity index (χ2n) is 4.88. The van der Waals surface area contributed by atoms with Crippen molar-refractivity contribution < 1.29 is 18.4 Å². The smallest absolute Gasteiger partial charge is 0.267 e. The molecule has 0 aliphatic carbocycles. The van der Waals surface area contributed by atoms with E-state index >= 15 is 0 Å². The summed E-state index contributed by atoms with van der Waals surface area (Å²) in [5.74, 6) is -3.06. The van der Waals surface area contributed by atoms with Crippen LogP contribution in [0.15, 0.2) is 36.4 Å². The van der Waals surface area contributed by atoms with Crippen LogP contribution in [-0.4, -0.2) is 11.8 Å². The van der Waals surface area contributed by atoms with E-state index in [-0.39, 0.29) is 5.56 Å². The van der Waals surface area contributed by atoms with Crippen LogP contribution in [0.3, 0.4) is 0 Å². The van der Waals surface area contributed by atoms with E-state index in [2.05, 4.69) is 10.9 Å². The summed E-state index contributed by atoms with van der Waals surface area (Å²) in [4.78, 5) is 23.7. The van der Waals surface area contributed by atoms with Gasteiger partial charge in [0.05, 0.1) is 0 Å². The first kappa shape index (κ1) is 15.6. The Balaban J connectivity index is 2.05. The Labute approximate surface area is 126 Å². The molecule has 0 saturated carbocycles. The van der Waals surface area contributed by atoms with E-state index in [1.54, 1.807) is 19.1 Å². The van der Waals surface area contributed by atoms with E-state index in [4.69, 9.17) is 0 Å². The Bertz CT molecular complexity index is 725. The molecule has 6 heteroatoms. The van der Waals surface area contributed by atoms with Gasteiger partial charge in [-0.2, -0.15) is 0 Å². The lowest BCUT2D eigenvalue weighted by molar-refractivity contribution is 0.0846. The van der Waals surface area contributed by atoms with Crippen molar-refractivity contribution in [3.63, 3.8) is 0 Å². The van der Waals surface area contributed by atoms with Gasteiger partial charge in [0.1, 0.15) is 11.6 Å². The minimum Gasteiger partial charge on any atom is -0.267 e. The van der Waals surface area contributed by atoms with Crippen LogP contribution in [0.4, 0.5) is 8.78 Å². The van der Waals surface area contributed by atoms with Crippen molar-refractivity contribution in [1.29, 1.82) is 0 Å². The van der Waals surface area contributed by atoms with E-state index in [9.17, 15) is 18.4 Å². The molecule has 4 nitrogen and oxygen atoms in total. The molecule has 0 aliphatic heterocycles. The summed E-state index contributed by atoms with van der Waals surface area (Å²) in [6, 6.07) is 7.65. The summed E-state index contributed by atoms with van der Waals surface area (Å²) in [6.07, 6.45) is 0. The fraction of sp³-hybridized carbons (Fsp3) is 0.125. The van der Waals surface area contributed by atoms with E-state index in [1.165, 1.54) is 0 Å². The largest absolute Gasteiger partial charge is 0.269 e. The minimum atomic E-state index is -0.870. The number of aryl methyl sites for hydroxylation is 2. The van der Waals surface area contributed by atoms with Crippen molar-refractivity contribution in [3.8, 4) is 0 Å². The van der Waals surface area contributed by atoms with Gasteiger partial charge in [0.15, 0.2) is 0 Å². The van der Waals surface area contributed by atoms with Gasteiger partial charge in [-0.15, -0.1) is 0 Å². The molecule has 0 atom stereocenters. The summed E-state index contributed by atoms with van der Waals surface area (Å²) in [7, 11) is 0. The molecule has 114 valence electrons. The average Bonchev–Trinajstić information content (AvgIpc) is 2.43. The van der Waals surface area contributed by atoms with Gasteiger partial charge in [0.25, 0.3) is 11.8 Å². The van der Waals surface area contributed by atoms with Crippen molar-refractivity contribution >= 4 is 11.8 Å². The van der Waals surface area contributed by atoms with Crippen molar-refractivity contribution in [2.45, 2.75) is 13.8 Å². The molecule has 0 bridgehead atoms. The zero-order valence-corrected chi connectivity index (χ0v) is 12.0. The zero-order chi connectivity index (χ0) is 16.3. The third-order valence-electron chi connectivity index (χ3n) is 3.04. The van der Waals surface area contributed by atoms with Gasteiger partial charge in [-0.25, -0.2) is 8.78 Å². The number of carbonyl (C=O) groups is 2. The summed E-state index contributed by atoms with van der Waals surface area (Å²) >= 11 is 0. The van der Waals surface area contributed by atoms with Crippen molar-refractivity contribution in [3.05, 3.63) is 70.3 Å². The fourth-order valence-corrected chi connectivity index (χ4v) is 2.01. The van der Waals surface area contributed by atoms with Gasteiger partial charge in [-0.05, 0) is 37.6 Å². The van der Waals surface area contributed by atoms with Crippen LogP contribution in [0.5, 0.6) is 0 Å². The summed E-state index contributed by atoms with van der Waals surface area (Å²) in [6.45, 7) is 3.67. The van der Waals surface area contributed by atoms with Crippen molar-refractivity contribution in [2.24, 2.45) is 0 Å². The number of hydrazine groups is 1. The molecule has 0 fully saturated rings. The fourth-order valence-electron chi connectivity index (χ4n) is 2.01. The van der Waals surface area contributed by atoms with Crippen LogP contribution in [0.2, 0.25) is 0 Å². The molecule has 22 heavy (non-hydrogen) atoms. The number of carbonyl (C=O) groups excluding carboxylic acids is 2. The van der Waals surface area contributed by atoms with E-state index < -0.39 is 23.4 Å². The van der Waals surface area contributed by atoms with Gasteiger partial charge >= 0.3 is 0 Å². The van der Waals surface area contributed by atoms with Crippen LogP contribution in [0.25, 0.3) is 0 Å². The topological polar surface area (TPSA) is 58.2 Å². The molecule has 0 unspecified atom stereocenters. The molecule has 0 saturated heterocycles. The summed E-state index contributed by atoms with van der Waals surface area (Å²) in [5.41, 5.74) is 6.27. The standard InChI is InChI=1S/C16H14F2N2O2/c1-9-3-4-14(10(2)5-9)16(22)20-19-15(21)11-6-12(17)8-13(18)7-11/h3-8H,1-2H3,(H,19,21)(H,20,22). The Kier molecular flexibility index (Phi) is 4.50. The molecule has 0 heterocycles. The molecular formula is C16H14F2N2O2. The predicted octanol–water partition coefficient (Wildman–Crippen LogP) is 2.66. The first-order valence-corrected chi connectivity index (χ1v) is 6.51. The number of hydrogen-bond acceptors (Lipinski definition) is 2. The van der Waals surface area contributed by atoms with Gasteiger partial charge in [0.2, 0.25) is 0 Å². The van der Waals surface area contributed by atoms with E-state index in [0.717, 1.165) is 23.3 Å². The van der Waals surface area contributed by atoms with E-state index in [0.29, 0.717) is 11.6 Å². The summed E-state index contributed by atoms with van der Waals surface area (Å²) in [5, 5.41) is 0. The van der Waals surface area contributed by atoms with E-state index in [1.807, 2.05) is 13.0 Å². The Morgan fingerprint density at radius 3 is 2.05 bits per heavy atom. The highest BCUT2D eigenvalue weighted by Gasteiger charge is 2.12. The highest BCUT2D eigenvalue weighted by molar-refractivity contribution is 5.99. The lowest BCUT2D eigenvalue weighted by atomic mass is 10.1. The molecule has 2 aromatic rings. The van der Waals surface area contributed by atoms with Crippen LogP contribution < -0.4 is 10.9 Å². The first-order valence-electron chi connectivity index (χ1n) is 6.51. The molecule has 0 spiro atoms. The number of hydrogen-bond donors (Lipinski definition) is 2. The molecule has 2 rings (SSSR count). The maximum Gasteiger partial charge on any atom is 0.269 e. The van der Waals surface area contributed by atoms with Crippen molar-refractivity contribution in [2.75, 3.05) is 0 Å². The molecule has 2 aromatic carbocycles. The number of halogens is 2. The first-order chi connectivity index (χ1) is 10.4. The van der Waals surface area contributed by atoms with Gasteiger partial charge in [-0.3, -0.25) is 20.4 Å². The molecule has 0 radical (unpaired) electrons. The molecule has 0 aliphatic rings. The van der Waals surface area contributed by atoms with Crippen LogP contribution in [0.1, 0.15) is 31.8 Å². The zero-order valence-electron chi connectivity index (χ0n) is 12.0. The SMILES string of the molecule is Cc1ccc(C(=O)NNC(=O)c2cc(F)cc(F)c2)c(C)c1. The number of nitrogens with one attached hydrogen (secondary N) is 2. The Hall–Kier alpha value is -2.76. The number of rotatable bonds is 2. The lowest BCUT2D eigenvalue weighted by Crippen LogP contribution is -2.41. The van der Waals surface area contributed by atoms with Crippen LogP contribution in [-0.2, 0) is 0 Å². The van der Waals surface area contributed by atoms with Gasteiger partial charge in [0, 0.05) is 17.2 Å². The monoisotopic (exact) mass is 304 g/mol. The highest BCUT2D eigenvalue weighted by Crippen LogP contribution is 2.10. The van der Waals surface area contributed by atoms with Gasteiger partial charge in [-0.1, -0.05) is 17.7 Å². The van der Waals surface area contributed by atoms with Crippen LogP contribution in [0, 0.1) is 25.5 Å². The van der Waals surface area contributed by atoms with Crippen LogP contribution >= 0.6 is 0 Å².